The minimum absolute atomic E-state index is 0.515. The smallest absolute Gasteiger partial charge is 0.229 e. The molecule has 0 aliphatic rings. The molecule has 25 heavy (non-hydrogen) atoms. The average Bonchev–Trinajstić information content (AvgIpc) is 2.56. The third-order valence-corrected chi connectivity index (χ3v) is 4.95. The van der Waals surface area contributed by atoms with E-state index < -0.39 is 16.1 Å². The molecule has 144 valence electrons. The Bertz CT molecular complexity index is 573. The SMILES string of the molecule is CCCCCCCN(CC)CC[C@H](O)c1ccc(NS(C)(=O)=O)cc1. The predicted octanol–water partition coefficient (Wildman–Crippen LogP) is 3.77. The van der Waals surface area contributed by atoms with Crippen LogP contribution in [0, 0.1) is 0 Å². The predicted molar refractivity (Wildman–Crippen MR) is 105 cm³/mol. The zero-order valence-electron chi connectivity index (χ0n) is 15.9. The molecule has 0 heterocycles. The second kappa shape index (κ2) is 11.5. The zero-order chi connectivity index (χ0) is 18.7. The molecule has 1 atom stereocenters. The second-order valence-corrected chi connectivity index (χ2v) is 8.40. The van der Waals surface area contributed by atoms with E-state index in [-0.39, 0.29) is 0 Å². The minimum Gasteiger partial charge on any atom is -0.388 e. The molecule has 5 nitrogen and oxygen atoms in total. The van der Waals surface area contributed by atoms with E-state index in [0.717, 1.165) is 31.5 Å². The maximum Gasteiger partial charge on any atom is 0.229 e. The summed E-state index contributed by atoms with van der Waals surface area (Å²) in [6, 6.07) is 6.92. The Kier molecular flexibility index (Phi) is 10.1. The van der Waals surface area contributed by atoms with Gasteiger partial charge >= 0.3 is 0 Å². The maximum atomic E-state index is 11.2. The summed E-state index contributed by atoms with van der Waals surface area (Å²) in [4.78, 5) is 2.38. The highest BCUT2D eigenvalue weighted by Crippen LogP contribution is 2.20. The lowest BCUT2D eigenvalue weighted by atomic mass is 10.1. The van der Waals surface area contributed by atoms with Gasteiger partial charge in [0.2, 0.25) is 10.0 Å². The van der Waals surface area contributed by atoms with Crippen molar-refractivity contribution in [2.75, 3.05) is 30.6 Å². The van der Waals surface area contributed by atoms with Crippen LogP contribution in [-0.4, -0.2) is 44.3 Å². The van der Waals surface area contributed by atoms with Crippen molar-refractivity contribution in [1.29, 1.82) is 0 Å². The number of unbranched alkanes of at least 4 members (excludes halogenated alkanes) is 4. The molecule has 0 aliphatic carbocycles. The lowest BCUT2D eigenvalue weighted by Gasteiger charge is -2.22. The number of rotatable bonds is 13. The van der Waals surface area contributed by atoms with Gasteiger partial charge in [-0.3, -0.25) is 4.72 Å². The van der Waals surface area contributed by atoms with Crippen LogP contribution in [0.4, 0.5) is 5.69 Å². The summed E-state index contributed by atoms with van der Waals surface area (Å²) in [7, 11) is -3.27. The fraction of sp³-hybridized carbons (Fsp3) is 0.684. The average molecular weight is 371 g/mol. The Balaban J connectivity index is 2.39. The van der Waals surface area contributed by atoms with E-state index in [4.69, 9.17) is 0 Å². The van der Waals surface area contributed by atoms with Crippen molar-refractivity contribution in [3.05, 3.63) is 29.8 Å². The number of aliphatic hydroxyl groups excluding tert-OH is 1. The Morgan fingerprint density at radius 1 is 1.04 bits per heavy atom. The van der Waals surface area contributed by atoms with Crippen LogP contribution in [0.15, 0.2) is 24.3 Å². The Morgan fingerprint density at radius 3 is 2.24 bits per heavy atom. The van der Waals surface area contributed by atoms with E-state index in [1.807, 2.05) is 0 Å². The molecule has 0 aliphatic heterocycles. The molecule has 0 amide bonds. The summed E-state index contributed by atoms with van der Waals surface area (Å²) >= 11 is 0. The molecule has 1 aromatic carbocycles. The van der Waals surface area contributed by atoms with Crippen LogP contribution in [0.3, 0.4) is 0 Å². The van der Waals surface area contributed by atoms with Gasteiger partial charge in [-0.25, -0.2) is 8.42 Å². The van der Waals surface area contributed by atoms with Crippen molar-refractivity contribution in [3.63, 3.8) is 0 Å². The molecular weight excluding hydrogens is 336 g/mol. The molecule has 0 unspecified atom stereocenters. The van der Waals surface area contributed by atoms with Gasteiger partial charge in [0.05, 0.1) is 12.4 Å². The number of hydrogen-bond acceptors (Lipinski definition) is 4. The third kappa shape index (κ3) is 9.82. The molecule has 0 saturated heterocycles. The molecule has 0 radical (unpaired) electrons. The van der Waals surface area contributed by atoms with Gasteiger partial charge in [0.15, 0.2) is 0 Å². The largest absolute Gasteiger partial charge is 0.388 e. The van der Waals surface area contributed by atoms with Crippen molar-refractivity contribution < 1.29 is 13.5 Å². The first-order valence-electron chi connectivity index (χ1n) is 9.34. The van der Waals surface area contributed by atoms with Crippen molar-refractivity contribution in [3.8, 4) is 0 Å². The van der Waals surface area contributed by atoms with Gasteiger partial charge < -0.3 is 10.0 Å². The highest BCUT2D eigenvalue weighted by Gasteiger charge is 2.11. The monoisotopic (exact) mass is 370 g/mol. The Hall–Kier alpha value is -1.11. The van der Waals surface area contributed by atoms with Crippen LogP contribution in [0.5, 0.6) is 0 Å². The molecule has 0 bridgehead atoms. The number of anilines is 1. The fourth-order valence-electron chi connectivity index (χ4n) is 2.83. The quantitative estimate of drug-likeness (QED) is 0.519. The van der Waals surface area contributed by atoms with E-state index in [9.17, 15) is 13.5 Å². The summed E-state index contributed by atoms with van der Waals surface area (Å²) < 4.78 is 24.8. The first kappa shape index (κ1) is 21.9. The number of benzene rings is 1. The van der Waals surface area contributed by atoms with E-state index >= 15 is 0 Å². The molecule has 6 heteroatoms. The standard InChI is InChI=1S/C19H34N2O3S/c1-4-6-7-8-9-15-21(5-2)16-14-19(22)17-10-12-18(13-11-17)20-25(3,23)24/h10-13,19-20,22H,4-9,14-16H2,1-3H3/t19-/m0/s1. The summed E-state index contributed by atoms with van der Waals surface area (Å²) in [5.41, 5.74) is 1.33. The molecule has 0 spiro atoms. The third-order valence-electron chi connectivity index (χ3n) is 4.34. The van der Waals surface area contributed by atoms with Gasteiger partial charge in [-0.05, 0) is 43.6 Å². The number of nitrogens with one attached hydrogen (secondary N) is 1. The number of sulfonamides is 1. The van der Waals surface area contributed by atoms with Crippen LogP contribution in [0.25, 0.3) is 0 Å². The maximum absolute atomic E-state index is 11.2. The highest BCUT2D eigenvalue weighted by molar-refractivity contribution is 7.92. The van der Waals surface area contributed by atoms with Crippen LogP contribution in [0.2, 0.25) is 0 Å². The summed E-state index contributed by atoms with van der Waals surface area (Å²) in [6.07, 6.45) is 7.67. The zero-order valence-corrected chi connectivity index (χ0v) is 16.7. The first-order valence-corrected chi connectivity index (χ1v) is 11.2. The van der Waals surface area contributed by atoms with Gasteiger partial charge in [0, 0.05) is 12.2 Å². The van der Waals surface area contributed by atoms with E-state index in [1.165, 1.54) is 32.1 Å². The summed E-state index contributed by atoms with van der Waals surface area (Å²) in [5.74, 6) is 0. The van der Waals surface area contributed by atoms with Crippen LogP contribution in [0.1, 0.15) is 64.0 Å². The highest BCUT2D eigenvalue weighted by atomic mass is 32.2. The molecule has 2 N–H and O–H groups in total. The fourth-order valence-corrected chi connectivity index (χ4v) is 3.39. The van der Waals surface area contributed by atoms with Crippen molar-refractivity contribution >= 4 is 15.7 Å². The van der Waals surface area contributed by atoms with Crippen molar-refractivity contribution in [1.82, 2.24) is 4.90 Å². The molecule has 0 aromatic heterocycles. The van der Waals surface area contributed by atoms with Crippen LogP contribution >= 0.6 is 0 Å². The number of aliphatic hydroxyl groups is 1. The normalized spacial score (nSPS) is 13.2. The van der Waals surface area contributed by atoms with Gasteiger partial charge in [-0.2, -0.15) is 0 Å². The molecule has 1 rings (SSSR count). The van der Waals surface area contributed by atoms with Crippen LogP contribution < -0.4 is 4.72 Å². The first-order chi connectivity index (χ1) is 11.9. The molecule has 0 saturated carbocycles. The lowest BCUT2D eigenvalue weighted by Crippen LogP contribution is -2.27. The van der Waals surface area contributed by atoms with E-state index in [1.54, 1.807) is 24.3 Å². The van der Waals surface area contributed by atoms with Gasteiger partial charge in [-0.15, -0.1) is 0 Å². The van der Waals surface area contributed by atoms with Gasteiger partial charge in [-0.1, -0.05) is 51.7 Å². The van der Waals surface area contributed by atoms with Gasteiger partial charge in [0.1, 0.15) is 0 Å². The molecule has 0 fully saturated rings. The Morgan fingerprint density at radius 2 is 1.68 bits per heavy atom. The Labute approximate surface area is 153 Å². The summed E-state index contributed by atoms with van der Waals surface area (Å²) in [6.45, 7) is 7.34. The minimum atomic E-state index is -3.27. The van der Waals surface area contributed by atoms with Crippen molar-refractivity contribution in [2.24, 2.45) is 0 Å². The lowest BCUT2D eigenvalue weighted by molar-refractivity contribution is 0.143. The van der Waals surface area contributed by atoms with Crippen LogP contribution in [-0.2, 0) is 10.0 Å². The topological polar surface area (TPSA) is 69.6 Å². The molecule has 1 aromatic rings. The van der Waals surface area contributed by atoms with Gasteiger partial charge in [0.25, 0.3) is 0 Å². The van der Waals surface area contributed by atoms with E-state index in [2.05, 4.69) is 23.5 Å². The number of nitrogens with zero attached hydrogens (tertiary/aromatic N) is 1. The van der Waals surface area contributed by atoms with Crippen molar-refractivity contribution in [2.45, 2.75) is 58.5 Å². The summed E-state index contributed by atoms with van der Waals surface area (Å²) in [5, 5.41) is 10.4. The second-order valence-electron chi connectivity index (χ2n) is 6.65. The molecular formula is C19H34N2O3S. The number of hydrogen-bond donors (Lipinski definition) is 2. The van der Waals surface area contributed by atoms with E-state index in [0.29, 0.717) is 12.1 Å².